The summed E-state index contributed by atoms with van der Waals surface area (Å²) in [7, 11) is 0. The summed E-state index contributed by atoms with van der Waals surface area (Å²) < 4.78 is 23.0. The molecular formula is C26H25ClFN5O. The predicted octanol–water partition coefficient (Wildman–Crippen LogP) is 6.27. The van der Waals surface area contributed by atoms with E-state index in [9.17, 15) is 4.39 Å². The van der Waals surface area contributed by atoms with Gasteiger partial charge in [0.1, 0.15) is 11.3 Å². The molecule has 2 aliphatic rings. The maximum Gasteiger partial charge on any atom is 0.179 e. The van der Waals surface area contributed by atoms with Gasteiger partial charge in [-0.05, 0) is 75.3 Å². The molecule has 6 nitrogen and oxygen atoms in total. The monoisotopic (exact) mass is 477 g/mol. The standard InChI is InChI=1S/C26H25ClFN5O/c1-14-15(2)31-26-25(30-14)21(11-23(32-26)20-6-3-18(27)10-22(20)28)16-7-8-34-24(9-16)17-12-29-33(13-17)19-4-5-19/h3,6,10-13,16,19,24H,4-5,7-9H2,1-2H3/t16?,24-/m1/s1. The summed E-state index contributed by atoms with van der Waals surface area (Å²) in [5, 5.41) is 4.90. The molecule has 3 aromatic heterocycles. The number of aryl methyl sites for hydroxylation is 2. The zero-order valence-corrected chi connectivity index (χ0v) is 19.9. The minimum atomic E-state index is -0.403. The quantitative estimate of drug-likeness (QED) is 0.346. The molecule has 0 N–H and O–H groups in total. The average Bonchev–Trinajstić information content (AvgIpc) is 3.56. The van der Waals surface area contributed by atoms with Gasteiger partial charge >= 0.3 is 0 Å². The number of nitrogens with zero attached hydrogens (tertiary/aromatic N) is 5. The Balaban J connectivity index is 1.43. The van der Waals surface area contributed by atoms with Gasteiger partial charge in [-0.25, -0.2) is 19.3 Å². The topological polar surface area (TPSA) is 65.7 Å². The first-order chi connectivity index (χ1) is 16.5. The molecule has 1 saturated carbocycles. The Morgan fingerprint density at radius 2 is 1.88 bits per heavy atom. The van der Waals surface area contributed by atoms with Crippen molar-refractivity contribution in [3.05, 3.63) is 70.0 Å². The number of halogens is 2. The molecule has 0 spiro atoms. The third kappa shape index (κ3) is 3.97. The predicted molar refractivity (Wildman–Crippen MR) is 128 cm³/mol. The van der Waals surface area contributed by atoms with Crippen molar-refractivity contribution >= 4 is 22.8 Å². The molecule has 6 rings (SSSR count). The molecular weight excluding hydrogens is 453 g/mol. The molecule has 0 amide bonds. The molecule has 8 heteroatoms. The van der Waals surface area contributed by atoms with E-state index < -0.39 is 5.82 Å². The molecule has 4 aromatic rings. The number of ether oxygens (including phenoxy) is 1. The van der Waals surface area contributed by atoms with Gasteiger partial charge in [0.25, 0.3) is 0 Å². The van der Waals surface area contributed by atoms with Gasteiger partial charge in [-0.3, -0.25) is 4.68 Å². The minimum Gasteiger partial charge on any atom is -0.373 e. The molecule has 0 bridgehead atoms. The van der Waals surface area contributed by atoms with Gasteiger partial charge in [-0.1, -0.05) is 11.6 Å². The lowest BCUT2D eigenvalue weighted by Crippen LogP contribution is -2.19. The Morgan fingerprint density at radius 1 is 1.06 bits per heavy atom. The third-order valence-corrected chi connectivity index (χ3v) is 7.16. The van der Waals surface area contributed by atoms with Crippen molar-refractivity contribution in [3.8, 4) is 11.3 Å². The van der Waals surface area contributed by atoms with E-state index in [2.05, 4.69) is 16.0 Å². The first kappa shape index (κ1) is 21.6. The third-order valence-electron chi connectivity index (χ3n) is 6.93. The molecule has 0 radical (unpaired) electrons. The van der Waals surface area contributed by atoms with Crippen molar-refractivity contribution in [3.63, 3.8) is 0 Å². The van der Waals surface area contributed by atoms with Crippen molar-refractivity contribution in [2.45, 2.75) is 57.6 Å². The van der Waals surface area contributed by atoms with Gasteiger partial charge in [-0.2, -0.15) is 5.10 Å². The van der Waals surface area contributed by atoms with Crippen LogP contribution in [0.5, 0.6) is 0 Å². The number of hydrogen-bond acceptors (Lipinski definition) is 5. The van der Waals surface area contributed by atoms with Crippen molar-refractivity contribution in [2.24, 2.45) is 0 Å². The van der Waals surface area contributed by atoms with E-state index in [-0.39, 0.29) is 12.0 Å². The van der Waals surface area contributed by atoms with Crippen LogP contribution in [0.25, 0.3) is 22.4 Å². The summed E-state index contributed by atoms with van der Waals surface area (Å²) in [6.07, 6.45) is 8.05. The van der Waals surface area contributed by atoms with Crippen LogP contribution in [0, 0.1) is 19.7 Å². The molecule has 1 aliphatic carbocycles. The Bertz CT molecular complexity index is 1400. The average molecular weight is 478 g/mol. The van der Waals surface area contributed by atoms with E-state index in [0.29, 0.717) is 34.6 Å². The van der Waals surface area contributed by atoms with E-state index in [0.717, 1.165) is 40.9 Å². The highest BCUT2D eigenvalue weighted by Crippen LogP contribution is 2.42. The molecule has 2 atom stereocenters. The fourth-order valence-corrected chi connectivity index (χ4v) is 4.90. The molecule has 2 fully saturated rings. The van der Waals surface area contributed by atoms with E-state index in [4.69, 9.17) is 31.3 Å². The van der Waals surface area contributed by atoms with E-state index in [1.165, 1.54) is 18.9 Å². The first-order valence-electron chi connectivity index (χ1n) is 11.7. The zero-order valence-electron chi connectivity index (χ0n) is 19.1. The van der Waals surface area contributed by atoms with E-state index in [1.807, 2.05) is 26.1 Å². The van der Waals surface area contributed by atoms with Crippen LogP contribution in [0.3, 0.4) is 0 Å². The van der Waals surface area contributed by atoms with Crippen molar-refractivity contribution in [1.82, 2.24) is 24.7 Å². The summed E-state index contributed by atoms with van der Waals surface area (Å²) in [6, 6.07) is 7.17. The van der Waals surface area contributed by atoms with Gasteiger partial charge in [0.2, 0.25) is 0 Å². The van der Waals surface area contributed by atoms with Crippen LogP contribution < -0.4 is 0 Å². The fourth-order valence-electron chi connectivity index (χ4n) is 4.74. The van der Waals surface area contributed by atoms with Gasteiger partial charge in [0.15, 0.2) is 5.65 Å². The molecule has 1 aromatic carbocycles. The van der Waals surface area contributed by atoms with E-state index in [1.54, 1.807) is 12.1 Å². The lowest BCUT2D eigenvalue weighted by molar-refractivity contribution is 0.00540. The molecule has 1 aliphatic heterocycles. The fraction of sp³-hybridized carbons (Fsp3) is 0.385. The Labute approximate surface area is 202 Å². The van der Waals surface area contributed by atoms with Crippen molar-refractivity contribution < 1.29 is 9.13 Å². The number of benzene rings is 1. The summed E-state index contributed by atoms with van der Waals surface area (Å²) >= 11 is 5.99. The van der Waals surface area contributed by atoms with Crippen molar-refractivity contribution in [2.75, 3.05) is 6.61 Å². The molecule has 34 heavy (non-hydrogen) atoms. The molecule has 4 heterocycles. The van der Waals surface area contributed by atoms with Crippen LogP contribution in [-0.2, 0) is 4.74 Å². The molecule has 1 saturated heterocycles. The van der Waals surface area contributed by atoms with Crippen LogP contribution in [0.15, 0.2) is 36.7 Å². The smallest absolute Gasteiger partial charge is 0.179 e. The number of pyridine rings is 1. The van der Waals surface area contributed by atoms with Gasteiger partial charge in [0, 0.05) is 29.0 Å². The van der Waals surface area contributed by atoms with Gasteiger partial charge in [0.05, 0.1) is 35.4 Å². The second-order valence-electron chi connectivity index (χ2n) is 9.35. The van der Waals surface area contributed by atoms with Crippen molar-refractivity contribution in [1.29, 1.82) is 0 Å². The largest absolute Gasteiger partial charge is 0.373 e. The normalized spacial score (nSPS) is 20.7. The highest BCUT2D eigenvalue weighted by atomic mass is 35.5. The Morgan fingerprint density at radius 3 is 2.68 bits per heavy atom. The highest BCUT2D eigenvalue weighted by Gasteiger charge is 2.30. The SMILES string of the molecule is Cc1nc2nc(-c3ccc(Cl)cc3F)cc(C3CCO[C@@H](c4cnn(C5CC5)c4)C3)c2nc1C. The first-order valence-corrected chi connectivity index (χ1v) is 12.1. The summed E-state index contributed by atoms with van der Waals surface area (Å²) in [6.45, 7) is 4.51. The summed E-state index contributed by atoms with van der Waals surface area (Å²) in [4.78, 5) is 14.3. The number of aromatic nitrogens is 5. The van der Waals surface area contributed by atoms with Gasteiger partial charge < -0.3 is 4.74 Å². The number of rotatable bonds is 4. The van der Waals surface area contributed by atoms with Crippen LogP contribution >= 0.6 is 11.6 Å². The Hall–Kier alpha value is -2.90. The van der Waals surface area contributed by atoms with E-state index >= 15 is 0 Å². The second kappa shape index (κ2) is 8.40. The van der Waals surface area contributed by atoms with Crippen LogP contribution in [0.2, 0.25) is 5.02 Å². The number of hydrogen-bond donors (Lipinski definition) is 0. The highest BCUT2D eigenvalue weighted by molar-refractivity contribution is 6.30. The zero-order chi connectivity index (χ0) is 23.4. The van der Waals surface area contributed by atoms with Crippen LogP contribution in [-0.4, -0.2) is 31.3 Å². The minimum absolute atomic E-state index is 0.0373. The van der Waals surface area contributed by atoms with Gasteiger partial charge in [-0.15, -0.1) is 0 Å². The maximum atomic E-state index is 14.8. The lowest BCUT2D eigenvalue weighted by Gasteiger charge is -2.30. The van der Waals surface area contributed by atoms with Crippen LogP contribution in [0.1, 0.15) is 66.3 Å². The maximum absolute atomic E-state index is 14.8. The van der Waals surface area contributed by atoms with Crippen LogP contribution in [0.4, 0.5) is 4.39 Å². The second-order valence-corrected chi connectivity index (χ2v) is 9.79. The lowest BCUT2D eigenvalue weighted by atomic mass is 9.86. The Kier molecular flexibility index (Phi) is 5.34. The summed E-state index contributed by atoms with van der Waals surface area (Å²) in [5.74, 6) is -0.224. The summed E-state index contributed by atoms with van der Waals surface area (Å²) in [5.41, 5.74) is 6.09. The molecule has 1 unspecified atom stereocenters. The molecule has 174 valence electrons. The number of fused-ring (bicyclic) bond motifs is 1.